The van der Waals surface area contributed by atoms with Gasteiger partial charge in [0.15, 0.2) is 0 Å². The van der Waals surface area contributed by atoms with E-state index < -0.39 is 10.0 Å². The second-order valence-electron chi connectivity index (χ2n) is 5.46. The Morgan fingerprint density at radius 2 is 1.84 bits per heavy atom. The van der Waals surface area contributed by atoms with Gasteiger partial charge in [0.05, 0.1) is 11.5 Å². The van der Waals surface area contributed by atoms with Gasteiger partial charge in [0.1, 0.15) is 5.75 Å². The van der Waals surface area contributed by atoms with Gasteiger partial charge in [0.2, 0.25) is 10.0 Å². The third-order valence-electron chi connectivity index (χ3n) is 3.65. The monoisotopic (exact) mass is 362 g/mol. The molecule has 0 fully saturated rings. The predicted octanol–water partition coefficient (Wildman–Crippen LogP) is 2.10. The highest BCUT2D eigenvalue weighted by Gasteiger charge is 2.16. The van der Waals surface area contributed by atoms with E-state index in [4.69, 9.17) is 4.74 Å². The first kappa shape index (κ1) is 19.0. The highest BCUT2D eigenvalue weighted by Crippen LogP contribution is 2.15. The minimum absolute atomic E-state index is 0.0677. The summed E-state index contributed by atoms with van der Waals surface area (Å²) in [6.07, 6.45) is 0.647. The summed E-state index contributed by atoms with van der Waals surface area (Å²) in [5, 5.41) is 2.79. The number of benzene rings is 2. The molecule has 0 radical (unpaired) electrons. The van der Waals surface area contributed by atoms with Gasteiger partial charge in [0.25, 0.3) is 5.91 Å². The van der Waals surface area contributed by atoms with Gasteiger partial charge in [-0.05, 0) is 50.2 Å². The normalized spacial score (nSPS) is 11.1. The standard InChI is InChI=1S/C18H22N2O4S/c1-14-9-10-16(25(22,23)19-2)13-17(14)18(21)20-11-6-12-24-15-7-4-3-5-8-15/h3-5,7-10,13,19H,6,11-12H2,1-2H3,(H,20,21). The Kier molecular flexibility index (Phi) is 6.55. The Morgan fingerprint density at radius 1 is 1.12 bits per heavy atom. The van der Waals surface area contributed by atoms with E-state index in [0.29, 0.717) is 30.7 Å². The number of aryl methyl sites for hydroxylation is 1. The summed E-state index contributed by atoms with van der Waals surface area (Å²) in [6.45, 7) is 2.69. The molecule has 0 atom stereocenters. The van der Waals surface area contributed by atoms with E-state index >= 15 is 0 Å². The molecule has 0 heterocycles. The number of amides is 1. The van der Waals surface area contributed by atoms with Gasteiger partial charge in [-0.1, -0.05) is 24.3 Å². The number of hydrogen-bond donors (Lipinski definition) is 2. The summed E-state index contributed by atoms with van der Waals surface area (Å²) in [7, 11) is -2.25. The molecule has 0 aliphatic heterocycles. The molecule has 0 unspecified atom stereocenters. The first-order chi connectivity index (χ1) is 11.9. The fraction of sp³-hybridized carbons (Fsp3) is 0.278. The maximum atomic E-state index is 12.3. The fourth-order valence-electron chi connectivity index (χ4n) is 2.21. The van der Waals surface area contributed by atoms with Gasteiger partial charge >= 0.3 is 0 Å². The van der Waals surface area contributed by atoms with Gasteiger partial charge in [0, 0.05) is 12.1 Å². The summed E-state index contributed by atoms with van der Waals surface area (Å²) in [5.74, 6) is 0.486. The Hall–Kier alpha value is -2.38. The molecule has 0 aliphatic rings. The minimum Gasteiger partial charge on any atom is -0.494 e. The van der Waals surface area contributed by atoms with E-state index in [2.05, 4.69) is 10.0 Å². The lowest BCUT2D eigenvalue weighted by Crippen LogP contribution is -2.27. The van der Waals surface area contributed by atoms with Crippen molar-refractivity contribution in [1.82, 2.24) is 10.0 Å². The van der Waals surface area contributed by atoms with Crippen molar-refractivity contribution in [2.24, 2.45) is 0 Å². The largest absolute Gasteiger partial charge is 0.494 e. The lowest BCUT2D eigenvalue weighted by molar-refractivity contribution is 0.0950. The van der Waals surface area contributed by atoms with E-state index in [1.54, 1.807) is 13.0 Å². The number of sulfonamides is 1. The second-order valence-corrected chi connectivity index (χ2v) is 7.34. The molecule has 2 aromatic rings. The number of hydrogen-bond acceptors (Lipinski definition) is 4. The van der Waals surface area contributed by atoms with Crippen LogP contribution in [0.25, 0.3) is 0 Å². The maximum absolute atomic E-state index is 12.3. The first-order valence-corrected chi connectivity index (χ1v) is 9.42. The van der Waals surface area contributed by atoms with Crippen LogP contribution < -0.4 is 14.8 Å². The maximum Gasteiger partial charge on any atom is 0.251 e. The fourth-order valence-corrected chi connectivity index (χ4v) is 2.96. The van der Waals surface area contributed by atoms with Crippen LogP contribution in [0.3, 0.4) is 0 Å². The molecule has 134 valence electrons. The summed E-state index contributed by atoms with van der Waals surface area (Å²) >= 11 is 0. The Bertz CT molecular complexity index is 820. The minimum atomic E-state index is -3.58. The lowest BCUT2D eigenvalue weighted by atomic mass is 10.1. The molecule has 2 aromatic carbocycles. The number of para-hydroxylation sites is 1. The van der Waals surface area contributed by atoms with Gasteiger partial charge in [-0.3, -0.25) is 4.79 Å². The van der Waals surface area contributed by atoms with Gasteiger partial charge in [-0.25, -0.2) is 13.1 Å². The highest BCUT2D eigenvalue weighted by atomic mass is 32.2. The van der Waals surface area contributed by atoms with Crippen molar-refractivity contribution in [2.45, 2.75) is 18.2 Å². The van der Waals surface area contributed by atoms with Crippen molar-refractivity contribution < 1.29 is 17.9 Å². The van der Waals surface area contributed by atoms with E-state index in [0.717, 1.165) is 5.75 Å². The summed E-state index contributed by atoms with van der Waals surface area (Å²) in [6, 6.07) is 13.9. The van der Waals surface area contributed by atoms with Crippen LogP contribution in [-0.4, -0.2) is 34.5 Å². The Balaban J connectivity index is 1.89. The van der Waals surface area contributed by atoms with Crippen molar-refractivity contribution >= 4 is 15.9 Å². The zero-order valence-electron chi connectivity index (χ0n) is 14.3. The van der Waals surface area contributed by atoms with E-state index in [-0.39, 0.29) is 10.8 Å². The smallest absolute Gasteiger partial charge is 0.251 e. The van der Waals surface area contributed by atoms with Crippen LogP contribution in [0.15, 0.2) is 53.4 Å². The first-order valence-electron chi connectivity index (χ1n) is 7.94. The van der Waals surface area contributed by atoms with Crippen LogP contribution >= 0.6 is 0 Å². The van der Waals surface area contributed by atoms with E-state index in [1.807, 2.05) is 30.3 Å². The van der Waals surface area contributed by atoms with Crippen molar-refractivity contribution in [1.29, 1.82) is 0 Å². The number of ether oxygens (including phenoxy) is 1. The zero-order valence-corrected chi connectivity index (χ0v) is 15.1. The number of carbonyl (C=O) groups excluding carboxylic acids is 1. The molecular formula is C18H22N2O4S. The van der Waals surface area contributed by atoms with Crippen molar-refractivity contribution in [3.05, 3.63) is 59.7 Å². The lowest BCUT2D eigenvalue weighted by Gasteiger charge is -2.10. The molecule has 0 spiro atoms. The molecule has 0 saturated carbocycles. The van der Waals surface area contributed by atoms with Crippen LogP contribution in [0.4, 0.5) is 0 Å². The quantitative estimate of drug-likeness (QED) is 0.705. The average Bonchev–Trinajstić information content (AvgIpc) is 2.62. The van der Waals surface area contributed by atoms with Crippen LogP contribution in [0.2, 0.25) is 0 Å². The van der Waals surface area contributed by atoms with E-state index in [1.165, 1.54) is 19.2 Å². The second kappa shape index (κ2) is 8.64. The average molecular weight is 362 g/mol. The third kappa shape index (κ3) is 5.30. The van der Waals surface area contributed by atoms with Gasteiger partial charge in [-0.15, -0.1) is 0 Å². The van der Waals surface area contributed by atoms with Gasteiger partial charge < -0.3 is 10.1 Å². The van der Waals surface area contributed by atoms with Crippen molar-refractivity contribution in [3.8, 4) is 5.75 Å². The van der Waals surface area contributed by atoms with Crippen molar-refractivity contribution in [2.75, 3.05) is 20.2 Å². The molecular weight excluding hydrogens is 340 g/mol. The summed E-state index contributed by atoms with van der Waals surface area (Å²) < 4.78 is 31.5. The van der Waals surface area contributed by atoms with Crippen LogP contribution in [0.1, 0.15) is 22.3 Å². The molecule has 2 N–H and O–H groups in total. The summed E-state index contributed by atoms with van der Waals surface area (Å²) in [5.41, 5.74) is 1.06. The molecule has 7 heteroatoms. The number of nitrogens with one attached hydrogen (secondary N) is 2. The zero-order chi connectivity index (χ0) is 18.3. The predicted molar refractivity (Wildman–Crippen MR) is 96.3 cm³/mol. The number of rotatable bonds is 8. The molecule has 6 nitrogen and oxygen atoms in total. The van der Waals surface area contributed by atoms with Crippen molar-refractivity contribution in [3.63, 3.8) is 0 Å². The Labute approximate surface area is 148 Å². The molecule has 2 rings (SSSR count). The SMILES string of the molecule is CNS(=O)(=O)c1ccc(C)c(C(=O)NCCCOc2ccccc2)c1. The molecule has 0 aliphatic carbocycles. The third-order valence-corrected chi connectivity index (χ3v) is 5.06. The molecule has 0 saturated heterocycles. The summed E-state index contributed by atoms with van der Waals surface area (Å²) in [4.78, 5) is 12.4. The van der Waals surface area contributed by atoms with Crippen LogP contribution in [0, 0.1) is 6.92 Å². The van der Waals surface area contributed by atoms with E-state index in [9.17, 15) is 13.2 Å². The Morgan fingerprint density at radius 3 is 2.52 bits per heavy atom. The molecule has 0 bridgehead atoms. The molecule has 0 aromatic heterocycles. The van der Waals surface area contributed by atoms with Crippen LogP contribution in [-0.2, 0) is 10.0 Å². The van der Waals surface area contributed by atoms with Crippen LogP contribution in [0.5, 0.6) is 5.75 Å². The molecule has 1 amide bonds. The highest BCUT2D eigenvalue weighted by molar-refractivity contribution is 7.89. The topological polar surface area (TPSA) is 84.5 Å². The number of carbonyl (C=O) groups is 1. The molecule has 25 heavy (non-hydrogen) atoms. The van der Waals surface area contributed by atoms with Gasteiger partial charge in [-0.2, -0.15) is 0 Å².